The Morgan fingerprint density at radius 3 is 2.14 bits per heavy atom. The molecule has 1 aliphatic heterocycles. The first kappa shape index (κ1) is 42.0. The lowest BCUT2D eigenvalue weighted by Crippen LogP contribution is -2.30. The molecule has 0 spiro atoms. The van der Waals surface area contributed by atoms with Crippen molar-refractivity contribution in [2.45, 2.75) is 113 Å². The maximum Gasteiger partial charge on any atom is 0.126 e. The summed E-state index contributed by atoms with van der Waals surface area (Å²) in [6.07, 6.45) is 22.7. The third kappa shape index (κ3) is 18.2. The molecule has 3 rings (SSSR count). The van der Waals surface area contributed by atoms with Crippen LogP contribution in [0.25, 0.3) is 11.3 Å². The highest BCUT2D eigenvalue weighted by molar-refractivity contribution is 5.86. The van der Waals surface area contributed by atoms with E-state index >= 15 is 0 Å². The van der Waals surface area contributed by atoms with Crippen molar-refractivity contribution in [3.8, 4) is 0 Å². The molecule has 1 unspecified atom stereocenters. The highest BCUT2D eigenvalue weighted by Crippen LogP contribution is 2.27. The predicted molar refractivity (Wildman–Crippen MR) is 198 cm³/mol. The molecule has 2 aliphatic rings. The van der Waals surface area contributed by atoms with E-state index in [4.69, 9.17) is 0 Å². The summed E-state index contributed by atoms with van der Waals surface area (Å²) in [4.78, 5) is 15.6. The number of benzene rings is 1. The maximum absolute atomic E-state index is 9.44. The Morgan fingerprint density at radius 2 is 1.67 bits per heavy atom. The number of Topliss-reactive ketones (excluding diaryl/α,β-unsaturated/α-hetero) is 1. The van der Waals surface area contributed by atoms with E-state index in [-0.39, 0.29) is 13.3 Å². The first-order valence-corrected chi connectivity index (χ1v) is 16.5. The third-order valence-electron chi connectivity index (χ3n) is 6.73. The van der Waals surface area contributed by atoms with Crippen LogP contribution in [0.15, 0.2) is 77.5 Å². The Bertz CT molecular complexity index is 1050. The minimum atomic E-state index is 0. The number of hydrogen-bond acceptors (Lipinski definition) is 4. The SMILES string of the molecule is C=C/C(=C\N(C)C)c1cccc(C2=CC=C(/C(C=NC)=C/C)C(C)N2)c1.CC.CC.CC(C)=O.CCCC1CCCCC1.[HH]. The number of ketones is 1. The number of dihydropyridines is 1. The highest BCUT2D eigenvalue weighted by Gasteiger charge is 2.17. The van der Waals surface area contributed by atoms with E-state index in [0.717, 1.165) is 28.3 Å². The van der Waals surface area contributed by atoms with Crippen molar-refractivity contribution in [2.75, 3.05) is 21.1 Å². The first-order chi connectivity index (χ1) is 20.7. The van der Waals surface area contributed by atoms with Crippen LogP contribution >= 0.6 is 0 Å². The van der Waals surface area contributed by atoms with Gasteiger partial charge in [-0.05, 0) is 73.6 Å². The predicted octanol–water partition coefficient (Wildman–Crippen LogP) is 10.9. The molecule has 1 heterocycles. The van der Waals surface area contributed by atoms with Crippen LogP contribution in [0.4, 0.5) is 0 Å². The van der Waals surface area contributed by atoms with Gasteiger partial charge in [0, 0.05) is 46.7 Å². The molecule has 1 aromatic carbocycles. The monoisotopic (exact) mass is 594 g/mol. The van der Waals surface area contributed by atoms with Crippen LogP contribution < -0.4 is 5.32 Å². The lowest BCUT2D eigenvalue weighted by molar-refractivity contribution is -0.115. The summed E-state index contributed by atoms with van der Waals surface area (Å²) in [7, 11) is 5.84. The summed E-state index contributed by atoms with van der Waals surface area (Å²) >= 11 is 0. The number of hydrogen-bond donors (Lipinski definition) is 1. The summed E-state index contributed by atoms with van der Waals surface area (Å²) in [6.45, 7) is 21.5. The largest absolute Gasteiger partial charge is 0.383 e. The molecule has 1 fully saturated rings. The molecule has 0 radical (unpaired) electrons. The molecule has 1 atom stereocenters. The van der Waals surface area contributed by atoms with E-state index in [1.165, 1.54) is 69.9 Å². The van der Waals surface area contributed by atoms with Crippen molar-refractivity contribution >= 4 is 23.3 Å². The van der Waals surface area contributed by atoms with Gasteiger partial charge in [-0.2, -0.15) is 0 Å². The zero-order chi connectivity index (χ0) is 33.2. The average molecular weight is 594 g/mol. The average Bonchev–Trinajstić information content (AvgIpc) is 3.01. The zero-order valence-electron chi connectivity index (χ0n) is 29.9. The van der Waals surface area contributed by atoms with Crippen molar-refractivity contribution in [3.63, 3.8) is 0 Å². The fourth-order valence-electron chi connectivity index (χ4n) is 4.93. The minimum Gasteiger partial charge on any atom is -0.383 e. The van der Waals surface area contributed by atoms with Gasteiger partial charge in [0.1, 0.15) is 5.78 Å². The summed E-state index contributed by atoms with van der Waals surface area (Å²) in [5.74, 6) is 1.27. The number of rotatable bonds is 8. The van der Waals surface area contributed by atoms with E-state index in [1.54, 1.807) is 7.05 Å². The summed E-state index contributed by atoms with van der Waals surface area (Å²) in [6, 6.07) is 8.76. The van der Waals surface area contributed by atoms with Gasteiger partial charge in [0.2, 0.25) is 0 Å². The van der Waals surface area contributed by atoms with Crippen LogP contribution in [-0.2, 0) is 4.79 Å². The van der Waals surface area contributed by atoms with Crippen molar-refractivity contribution in [2.24, 2.45) is 10.9 Å². The van der Waals surface area contributed by atoms with Gasteiger partial charge in [-0.1, -0.05) is 123 Å². The number of aliphatic imine (C=N–C) groups is 1. The molecule has 1 aliphatic carbocycles. The van der Waals surface area contributed by atoms with E-state index < -0.39 is 0 Å². The van der Waals surface area contributed by atoms with Crippen LogP contribution in [0.5, 0.6) is 0 Å². The summed E-state index contributed by atoms with van der Waals surface area (Å²) in [5, 5.41) is 3.62. The van der Waals surface area contributed by atoms with Gasteiger partial charge in [-0.15, -0.1) is 0 Å². The molecular formula is C39H67N3O. The molecule has 244 valence electrons. The Labute approximate surface area is 268 Å². The molecule has 4 nitrogen and oxygen atoms in total. The van der Waals surface area contributed by atoms with Crippen molar-refractivity contribution in [3.05, 3.63) is 83.6 Å². The second kappa shape index (κ2) is 26.5. The van der Waals surface area contributed by atoms with Gasteiger partial charge in [0.05, 0.1) is 0 Å². The second-order valence-corrected chi connectivity index (χ2v) is 10.7. The van der Waals surface area contributed by atoms with Crippen LogP contribution in [-0.4, -0.2) is 44.1 Å². The summed E-state index contributed by atoms with van der Waals surface area (Å²) < 4.78 is 0. The minimum absolute atomic E-state index is 0. The lowest BCUT2D eigenvalue weighted by Gasteiger charge is -2.25. The van der Waals surface area contributed by atoms with Gasteiger partial charge in [-0.3, -0.25) is 4.99 Å². The van der Waals surface area contributed by atoms with Crippen LogP contribution in [0, 0.1) is 5.92 Å². The van der Waals surface area contributed by atoms with E-state index in [9.17, 15) is 4.79 Å². The van der Waals surface area contributed by atoms with Gasteiger partial charge >= 0.3 is 0 Å². The topological polar surface area (TPSA) is 44.7 Å². The molecule has 0 amide bonds. The fourth-order valence-corrected chi connectivity index (χ4v) is 4.93. The molecule has 1 N–H and O–H groups in total. The molecule has 1 saturated carbocycles. The Balaban J connectivity index is -0.000000771. The molecule has 1 aromatic rings. The molecule has 4 heteroatoms. The quantitative estimate of drug-likeness (QED) is 0.241. The van der Waals surface area contributed by atoms with Gasteiger partial charge in [-0.25, -0.2) is 0 Å². The number of allylic oxidation sites excluding steroid dienone is 5. The Morgan fingerprint density at radius 1 is 1.07 bits per heavy atom. The Kier molecular flexibility index (Phi) is 25.9. The van der Waals surface area contributed by atoms with E-state index in [0.29, 0.717) is 0 Å². The highest BCUT2D eigenvalue weighted by atomic mass is 16.1. The van der Waals surface area contributed by atoms with E-state index in [1.807, 2.05) is 65.9 Å². The number of carbonyl (C=O) groups excluding carboxylic acids is 1. The van der Waals surface area contributed by atoms with Crippen molar-refractivity contribution in [1.82, 2.24) is 10.2 Å². The standard InChI is InChI=1S/C23H29N3.C9H18.C3H6O.2C2H6.H2/c1-7-18(15-24-4)22-12-13-23(25-17(22)3)21-11-9-10-20(14-21)19(8-2)16-26(5)6;1-2-6-9-7-4-3-5-8-9;1-3(2)4;2*1-2;/h7-17,25H,2H2,1,3-6H3;9H,2-8H2,1H3;1-2H3;2*1-2H3;1H/b18-7+,19-16+,24-15?;;;;;. The lowest BCUT2D eigenvalue weighted by atomic mass is 9.86. The van der Waals surface area contributed by atoms with Gasteiger partial charge in [0.25, 0.3) is 0 Å². The van der Waals surface area contributed by atoms with Crippen molar-refractivity contribution < 1.29 is 6.22 Å². The number of nitrogens with zero attached hydrogens (tertiary/aromatic N) is 2. The zero-order valence-corrected chi connectivity index (χ0v) is 29.9. The molecule has 0 aromatic heterocycles. The van der Waals surface area contributed by atoms with E-state index in [2.05, 4.69) is 79.4 Å². The fraction of sp³-hybridized carbons (Fsp3) is 0.538. The molecule has 0 saturated heterocycles. The summed E-state index contributed by atoms with van der Waals surface area (Å²) in [5.41, 5.74) is 6.95. The van der Waals surface area contributed by atoms with Crippen LogP contribution in [0.3, 0.4) is 0 Å². The van der Waals surface area contributed by atoms with Crippen LogP contribution in [0.2, 0.25) is 0 Å². The number of carbonyl (C=O) groups is 1. The molecular weight excluding hydrogens is 526 g/mol. The second-order valence-electron chi connectivity index (χ2n) is 10.7. The van der Waals surface area contributed by atoms with Crippen LogP contribution in [0.1, 0.15) is 120 Å². The third-order valence-corrected chi connectivity index (χ3v) is 6.73. The first-order valence-electron chi connectivity index (χ1n) is 16.5. The van der Waals surface area contributed by atoms with Gasteiger partial charge in [0.15, 0.2) is 0 Å². The smallest absolute Gasteiger partial charge is 0.126 e. The number of nitrogens with one attached hydrogen (secondary N) is 1. The van der Waals surface area contributed by atoms with Gasteiger partial charge < -0.3 is 15.0 Å². The Hall–Kier alpha value is -3.14. The normalized spacial score (nSPS) is 16.6. The van der Waals surface area contributed by atoms with Crippen molar-refractivity contribution in [1.29, 1.82) is 0 Å². The maximum atomic E-state index is 9.44. The molecule has 43 heavy (non-hydrogen) atoms. The molecule has 0 bridgehead atoms.